The van der Waals surface area contributed by atoms with E-state index in [0.29, 0.717) is 6.42 Å². The molecule has 1 heterocycles. The Kier molecular flexibility index (Phi) is 4.75. The molecule has 0 saturated carbocycles. The summed E-state index contributed by atoms with van der Waals surface area (Å²) >= 11 is 0. The van der Waals surface area contributed by atoms with Crippen molar-refractivity contribution in [3.63, 3.8) is 0 Å². The van der Waals surface area contributed by atoms with Gasteiger partial charge in [-0.2, -0.15) is 0 Å². The Labute approximate surface area is 109 Å². The Bertz CT molecular complexity index is 307. The number of likely N-dealkylation sites (N-methyl/N-ethyl adjacent to an activating group) is 1. The minimum absolute atomic E-state index is 0.156. The van der Waals surface area contributed by atoms with E-state index in [4.69, 9.17) is 4.74 Å². The van der Waals surface area contributed by atoms with Crippen molar-refractivity contribution >= 4 is 5.97 Å². The van der Waals surface area contributed by atoms with Gasteiger partial charge in [-0.1, -0.05) is 0 Å². The number of morpholine rings is 1. The number of nitrogens with one attached hydrogen (secondary N) is 1. The van der Waals surface area contributed by atoms with Gasteiger partial charge in [0.15, 0.2) is 0 Å². The van der Waals surface area contributed by atoms with Gasteiger partial charge in [-0.3, -0.25) is 9.69 Å². The van der Waals surface area contributed by atoms with E-state index in [0.717, 1.165) is 19.6 Å². The molecule has 2 N–H and O–H groups in total. The van der Waals surface area contributed by atoms with Crippen molar-refractivity contribution in [1.29, 1.82) is 0 Å². The van der Waals surface area contributed by atoms with Crippen LogP contribution in [0.5, 0.6) is 0 Å². The van der Waals surface area contributed by atoms with Gasteiger partial charge < -0.3 is 15.2 Å². The quantitative estimate of drug-likeness (QED) is 0.768. The molecule has 0 radical (unpaired) electrons. The van der Waals surface area contributed by atoms with Crippen molar-refractivity contribution < 1.29 is 14.6 Å². The minimum Gasteiger partial charge on any atom is -0.480 e. The number of aliphatic carboxylic acids is 1. The van der Waals surface area contributed by atoms with Crippen LogP contribution in [0.4, 0.5) is 0 Å². The zero-order valence-corrected chi connectivity index (χ0v) is 12.1. The number of hydrogen-bond donors (Lipinski definition) is 2. The highest BCUT2D eigenvalue weighted by Crippen LogP contribution is 2.22. The molecular formula is C13H26N2O3. The maximum Gasteiger partial charge on any atom is 0.323 e. The van der Waals surface area contributed by atoms with Gasteiger partial charge in [0, 0.05) is 19.6 Å². The number of hydrogen-bond acceptors (Lipinski definition) is 4. The van der Waals surface area contributed by atoms with Crippen LogP contribution < -0.4 is 5.32 Å². The molecular weight excluding hydrogens is 232 g/mol. The van der Waals surface area contributed by atoms with Crippen LogP contribution in [-0.4, -0.2) is 59.9 Å². The SMILES string of the molecule is CNC(C)(CCN1CC(C)OC(C)(C)C1)C(=O)O. The van der Waals surface area contributed by atoms with Gasteiger partial charge in [0.05, 0.1) is 11.7 Å². The molecule has 2 unspecified atom stereocenters. The topological polar surface area (TPSA) is 61.8 Å². The highest BCUT2D eigenvalue weighted by atomic mass is 16.5. The number of carboxylic acids is 1. The Morgan fingerprint density at radius 2 is 2.22 bits per heavy atom. The molecule has 0 aromatic rings. The molecule has 0 amide bonds. The van der Waals surface area contributed by atoms with Crippen molar-refractivity contribution in [3.05, 3.63) is 0 Å². The number of carbonyl (C=O) groups is 1. The first-order valence-electron chi connectivity index (χ1n) is 6.51. The van der Waals surface area contributed by atoms with E-state index in [9.17, 15) is 9.90 Å². The van der Waals surface area contributed by atoms with Gasteiger partial charge in [-0.15, -0.1) is 0 Å². The maximum absolute atomic E-state index is 11.2. The van der Waals surface area contributed by atoms with E-state index in [1.807, 2.05) is 0 Å². The smallest absolute Gasteiger partial charge is 0.323 e. The van der Waals surface area contributed by atoms with E-state index in [1.54, 1.807) is 14.0 Å². The molecule has 106 valence electrons. The molecule has 0 aliphatic carbocycles. The van der Waals surface area contributed by atoms with Gasteiger partial charge in [0.1, 0.15) is 5.54 Å². The first kappa shape index (κ1) is 15.4. The molecule has 0 aromatic heterocycles. The van der Waals surface area contributed by atoms with Crippen molar-refractivity contribution in [2.45, 2.75) is 51.4 Å². The Hall–Kier alpha value is -0.650. The predicted octanol–water partition coefficient (Wildman–Crippen LogP) is 0.939. The largest absolute Gasteiger partial charge is 0.480 e. The lowest BCUT2D eigenvalue weighted by atomic mass is 9.97. The molecule has 1 saturated heterocycles. The van der Waals surface area contributed by atoms with Gasteiger partial charge in [0.25, 0.3) is 0 Å². The first-order chi connectivity index (χ1) is 8.18. The third-order valence-corrected chi connectivity index (χ3v) is 3.59. The third-order valence-electron chi connectivity index (χ3n) is 3.59. The van der Waals surface area contributed by atoms with Crippen LogP contribution in [0.3, 0.4) is 0 Å². The maximum atomic E-state index is 11.2. The highest BCUT2D eigenvalue weighted by Gasteiger charge is 2.35. The van der Waals surface area contributed by atoms with Gasteiger partial charge >= 0.3 is 5.97 Å². The second-order valence-electron chi connectivity index (χ2n) is 6.06. The number of rotatable bonds is 5. The molecule has 18 heavy (non-hydrogen) atoms. The zero-order chi connectivity index (χ0) is 14.0. The standard InChI is InChI=1S/C13H26N2O3/c1-10-8-15(9-12(2,3)18-10)7-6-13(4,14-5)11(16)17/h10,14H,6-9H2,1-5H3,(H,16,17). The van der Waals surface area contributed by atoms with Gasteiger partial charge in [-0.25, -0.2) is 0 Å². The minimum atomic E-state index is -0.855. The third kappa shape index (κ3) is 3.93. The number of ether oxygens (including phenoxy) is 1. The summed E-state index contributed by atoms with van der Waals surface area (Å²) in [7, 11) is 1.69. The highest BCUT2D eigenvalue weighted by molar-refractivity contribution is 5.78. The molecule has 0 spiro atoms. The van der Waals surface area contributed by atoms with Crippen LogP contribution in [0.15, 0.2) is 0 Å². The summed E-state index contributed by atoms with van der Waals surface area (Å²) in [5.41, 5.74) is -1.01. The molecule has 1 rings (SSSR count). The lowest BCUT2D eigenvalue weighted by Gasteiger charge is -2.42. The van der Waals surface area contributed by atoms with E-state index < -0.39 is 11.5 Å². The van der Waals surface area contributed by atoms with Crippen molar-refractivity contribution in [2.24, 2.45) is 0 Å². The molecule has 0 aromatic carbocycles. The predicted molar refractivity (Wildman–Crippen MR) is 70.8 cm³/mol. The fraction of sp³-hybridized carbons (Fsp3) is 0.923. The second kappa shape index (κ2) is 5.55. The molecule has 5 nitrogen and oxygen atoms in total. The van der Waals surface area contributed by atoms with Crippen molar-refractivity contribution in [1.82, 2.24) is 10.2 Å². The van der Waals surface area contributed by atoms with E-state index in [-0.39, 0.29) is 11.7 Å². The van der Waals surface area contributed by atoms with Crippen LogP contribution >= 0.6 is 0 Å². The Morgan fingerprint density at radius 1 is 1.61 bits per heavy atom. The molecule has 1 aliphatic rings. The van der Waals surface area contributed by atoms with Crippen molar-refractivity contribution in [3.8, 4) is 0 Å². The molecule has 2 atom stereocenters. The number of nitrogens with zero attached hydrogens (tertiary/aromatic N) is 1. The van der Waals surface area contributed by atoms with Crippen LogP contribution in [0.25, 0.3) is 0 Å². The summed E-state index contributed by atoms with van der Waals surface area (Å²) in [6, 6.07) is 0. The van der Waals surface area contributed by atoms with Crippen LogP contribution in [-0.2, 0) is 9.53 Å². The average molecular weight is 258 g/mol. The monoisotopic (exact) mass is 258 g/mol. The van der Waals surface area contributed by atoms with Crippen LogP contribution in [0, 0.1) is 0 Å². The first-order valence-corrected chi connectivity index (χ1v) is 6.51. The summed E-state index contributed by atoms with van der Waals surface area (Å²) in [6.45, 7) is 10.4. The van der Waals surface area contributed by atoms with E-state index >= 15 is 0 Å². The summed E-state index contributed by atoms with van der Waals surface area (Å²) in [4.78, 5) is 13.5. The fourth-order valence-corrected chi connectivity index (χ4v) is 2.48. The Morgan fingerprint density at radius 3 is 2.67 bits per heavy atom. The second-order valence-corrected chi connectivity index (χ2v) is 6.06. The summed E-state index contributed by atoms with van der Waals surface area (Å²) in [5, 5.41) is 12.1. The lowest BCUT2D eigenvalue weighted by Crippen LogP contribution is -2.55. The zero-order valence-electron chi connectivity index (χ0n) is 12.1. The summed E-state index contributed by atoms with van der Waals surface area (Å²) in [5.74, 6) is -0.800. The van der Waals surface area contributed by atoms with E-state index in [1.165, 1.54) is 0 Å². The lowest BCUT2D eigenvalue weighted by molar-refractivity contribution is -0.145. The Balaban J connectivity index is 2.55. The fourth-order valence-electron chi connectivity index (χ4n) is 2.48. The number of carboxylic acid groups (broad SMARTS) is 1. The summed E-state index contributed by atoms with van der Waals surface area (Å²) < 4.78 is 5.84. The summed E-state index contributed by atoms with van der Waals surface area (Å²) in [6.07, 6.45) is 0.779. The molecule has 1 aliphatic heterocycles. The normalized spacial score (nSPS) is 27.7. The van der Waals surface area contributed by atoms with Crippen molar-refractivity contribution in [2.75, 3.05) is 26.7 Å². The average Bonchev–Trinajstić information content (AvgIpc) is 2.22. The molecule has 1 fully saturated rings. The van der Waals surface area contributed by atoms with Crippen LogP contribution in [0.2, 0.25) is 0 Å². The van der Waals surface area contributed by atoms with Gasteiger partial charge in [-0.05, 0) is 41.2 Å². The van der Waals surface area contributed by atoms with Crippen LogP contribution in [0.1, 0.15) is 34.1 Å². The van der Waals surface area contributed by atoms with Gasteiger partial charge in [0.2, 0.25) is 0 Å². The molecule has 5 heteroatoms. The van der Waals surface area contributed by atoms with E-state index in [2.05, 4.69) is 31.0 Å². The molecule has 0 bridgehead atoms.